The van der Waals surface area contributed by atoms with Crippen molar-refractivity contribution in [2.75, 3.05) is 26.2 Å². The topological polar surface area (TPSA) is 43.8 Å². The molecular formula is C17H23ClN2O2. The van der Waals surface area contributed by atoms with E-state index in [1.54, 1.807) is 0 Å². The largest absolute Gasteiger partial charge is 0.392 e. The van der Waals surface area contributed by atoms with Crippen LogP contribution >= 0.6 is 11.6 Å². The minimum Gasteiger partial charge on any atom is -0.392 e. The number of piperazine rings is 1. The molecule has 1 amide bonds. The van der Waals surface area contributed by atoms with E-state index in [0.717, 1.165) is 62.6 Å². The summed E-state index contributed by atoms with van der Waals surface area (Å²) in [6.45, 7) is 4.03. The summed E-state index contributed by atoms with van der Waals surface area (Å²) < 4.78 is 0. The fraction of sp³-hybridized carbons (Fsp3) is 0.588. The van der Waals surface area contributed by atoms with Crippen LogP contribution in [-0.4, -0.2) is 53.1 Å². The van der Waals surface area contributed by atoms with Crippen LogP contribution in [0.3, 0.4) is 0 Å². The van der Waals surface area contributed by atoms with Gasteiger partial charge in [-0.15, -0.1) is 0 Å². The van der Waals surface area contributed by atoms with Crippen molar-refractivity contribution in [2.45, 2.75) is 31.9 Å². The van der Waals surface area contributed by atoms with Gasteiger partial charge in [0.25, 0.3) is 0 Å². The van der Waals surface area contributed by atoms with Gasteiger partial charge >= 0.3 is 0 Å². The lowest BCUT2D eigenvalue weighted by Gasteiger charge is -2.36. The molecule has 1 aliphatic heterocycles. The van der Waals surface area contributed by atoms with E-state index >= 15 is 0 Å². The maximum absolute atomic E-state index is 12.5. The molecule has 0 radical (unpaired) electrons. The van der Waals surface area contributed by atoms with Crippen LogP contribution in [0.4, 0.5) is 0 Å². The zero-order chi connectivity index (χ0) is 15.5. The molecule has 1 heterocycles. The second-order valence-corrected chi connectivity index (χ2v) is 6.70. The monoisotopic (exact) mass is 322 g/mol. The predicted octanol–water partition coefficient (Wildman–Crippen LogP) is 2.15. The van der Waals surface area contributed by atoms with Crippen molar-refractivity contribution in [3.8, 4) is 0 Å². The van der Waals surface area contributed by atoms with Crippen molar-refractivity contribution < 1.29 is 9.90 Å². The maximum Gasteiger partial charge on any atom is 0.228 e. The number of aliphatic hydroxyl groups excluding tert-OH is 1. The summed E-state index contributed by atoms with van der Waals surface area (Å²) in [7, 11) is 0. The fourth-order valence-electron chi connectivity index (χ4n) is 3.46. The average Bonchev–Trinajstić information content (AvgIpc) is 2.96. The molecule has 2 atom stereocenters. The number of nitrogens with zero attached hydrogens (tertiary/aromatic N) is 2. The minimum absolute atomic E-state index is 0.141. The van der Waals surface area contributed by atoms with Crippen LogP contribution in [0.15, 0.2) is 24.3 Å². The third kappa shape index (κ3) is 3.45. The van der Waals surface area contributed by atoms with Crippen LogP contribution < -0.4 is 0 Å². The molecular weight excluding hydrogens is 300 g/mol. The van der Waals surface area contributed by atoms with Gasteiger partial charge in [-0.2, -0.15) is 0 Å². The molecule has 2 fully saturated rings. The Morgan fingerprint density at radius 2 is 1.91 bits per heavy atom. The highest BCUT2D eigenvalue weighted by atomic mass is 35.5. The molecule has 2 aliphatic rings. The van der Waals surface area contributed by atoms with E-state index in [9.17, 15) is 9.90 Å². The summed E-state index contributed by atoms with van der Waals surface area (Å²) in [5, 5.41) is 10.7. The van der Waals surface area contributed by atoms with Gasteiger partial charge in [0.15, 0.2) is 0 Å². The minimum atomic E-state index is -0.436. The summed E-state index contributed by atoms with van der Waals surface area (Å²) in [4.78, 5) is 16.7. The second kappa shape index (κ2) is 6.99. The molecule has 0 spiro atoms. The van der Waals surface area contributed by atoms with Gasteiger partial charge < -0.3 is 10.0 Å². The Morgan fingerprint density at radius 3 is 2.55 bits per heavy atom. The molecule has 2 unspecified atom stereocenters. The van der Waals surface area contributed by atoms with E-state index in [1.165, 1.54) is 0 Å². The van der Waals surface area contributed by atoms with E-state index in [2.05, 4.69) is 11.0 Å². The lowest BCUT2D eigenvalue weighted by atomic mass is 10.0. The summed E-state index contributed by atoms with van der Waals surface area (Å²) in [6, 6.07) is 7.91. The van der Waals surface area contributed by atoms with Crippen LogP contribution in [0.25, 0.3) is 0 Å². The standard InChI is InChI=1S/C17H23ClN2O2/c18-15-6-2-1-4-13(15)12-19-8-10-20(11-9-19)17(22)14-5-3-7-16(14)21/h1-2,4,6,14,16,21H,3,5,7-12H2. The molecule has 5 heteroatoms. The van der Waals surface area contributed by atoms with Gasteiger partial charge in [-0.3, -0.25) is 9.69 Å². The first-order valence-corrected chi connectivity index (χ1v) is 8.45. The molecule has 1 aromatic carbocycles. The van der Waals surface area contributed by atoms with Gasteiger partial charge in [0, 0.05) is 37.7 Å². The van der Waals surface area contributed by atoms with Crippen LogP contribution in [0.5, 0.6) is 0 Å². The number of benzene rings is 1. The van der Waals surface area contributed by atoms with Crippen LogP contribution in [0.1, 0.15) is 24.8 Å². The number of hydrogen-bond donors (Lipinski definition) is 1. The molecule has 3 rings (SSSR count). The van der Waals surface area contributed by atoms with Crippen molar-refractivity contribution in [3.63, 3.8) is 0 Å². The molecule has 0 bridgehead atoms. The summed E-state index contributed by atoms with van der Waals surface area (Å²) in [6.07, 6.45) is 2.13. The molecule has 1 saturated heterocycles. The Balaban J connectivity index is 1.52. The average molecular weight is 323 g/mol. The van der Waals surface area contributed by atoms with Gasteiger partial charge in [-0.1, -0.05) is 29.8 Å². The van der Waals surface area contributed by atoms with Crippen LogP contribution in [0.2, 0.25) is 5.02 Å². The van der Waals surface area contributed by atoms with Crippen molar-refractivity contribution >= 4 is 17.5 Å². The van der Waals surface area contributed by atoms with E-state index in [4.69, 9.17) is 11.6 Å². The number of rotatable bonds is 3. The molecule has 120 valence electrons. The normalized spacial score (nSPS) is 26.4. The first-order valence-electron chi connectivity index (χ1n) is 8.08. The highest BCUT2D eigenvalue weighted by molar-refractivity contribution is 6.31. The summed E-state index contributed by atoms with van der Waals surface area (Å²) >= 11 is 6.21. The summed E-state index contributed by atoms with van der Waals surface area (Å²) in [5.41, 5.74) is 1.13. The Hall–Kier alpha value is -1.10. The van der Waals surface area contributed by atoms with Crippen molar-refractivity contribution in [2.24, 2.45) is 5.92 Å². The zero-order valence-electron chi connectivity index (χ0n) is 12.7. The SMILES string of the molecule is O=C(C1CCCC1O)N1CCN(Cc2ccccc2Cl)CC1. The van der Waals surface area contributed by atoms with Crippen molar-refractivity contribution in [3.05, 3.63) is 34.9 Å². The fourth-order valence-corrected chi connectivity index (χ4v) is 3.65. The smallest absolute Gasteiger partial charge is 0.228 e. The van der Waals surface area contributed by atoms with Gasteiger partial charge in [0.2, 0.25) is 5.91 Å². The predicted molar refractivity (Wildman–Crippen MR) is 86.7 cm³/mol. The number of hydrogen-bond acceptors (Lipinski definition) is 3. The van der Waals surface area contributed by atoms with Gasteiger partial charge in [0.1, 0.15) is 0 Å². The van der Waals surface area contributed by atoms with E-state index < -0.39 is 6.10 Å². The van der Waals surface area contributed by atoms with Crippen LogP contribution in [0, 0.1) is 5.92 Å². The highest BCUT2D eigenvalue weighted by Gasteiger charge is 2.35. The van der Waals surface area contributed by atoms with Crippen LogP contribution in [-0.2, 0) is 11.3 Å². The molecule has 4 nitrogen and oxygen atoms in total. The van der Waals surface area contributed by atoms with Crippen molar-refractivity contribution in [1.29, 1.82) is 0 Å². The Morgan fingerprint density at radius 1 is 1.18 bits per heavy atom. The second-order valence-electron chi connectivity index (χ2n) is 6.30. The summed E-state index contributed by atoms with van der Waals surface area (Å²) in [5.74, 6) is -0.0301. The van der Waals surface area contributed by atoms with E-state index in [1.807, 2.05) is 23.1 Å². The number of carbonyl (C=O) groups excluding carboxylic acids is 1. The van der Waals surface area contributed by atoms with E-state index in [-0.39, 0.29) is 11.8 Å². The molecule has 1 aliphatic carbocycles. The number of aliphatic hydroxyl groups is 1. The number of halogens is 1. The Bertz CT molecular complexity index is 529. The third-order valence-corrected chi connectivity index (χ3v) is 5.20. The first kappa shape index (κ1) is 15.8. The molecule has 0 aromatic heterocycles. The van der Waals surface area contributed by atoms with Gasteiger partial charge in [-0.05, 0) is 30.9 Å². The lowest BCUT2D eigenvalue weighted by Crippen LogP contribution is -2.50. The van der Waals surface area contributed by atoms with E-state index in [0.29, 0.717) is 0 Å². The van der Waals surface area contributed by atoms with Crippen molar-refractivity contribution in [1.82, 2.24) is 9.80 Å². The molecule has 1 N–H and O–H groups in total. The van der Waals surface area contributed by atoms with Gasteiger partial charge in [0.05, 0.1) is 12.0 Å². The third-order valence-electron chi connectivity index (χ3n) is 4.83. The molecule has 1 aromatic rings. The highest BCUT2D eigenvalue weighted by Crippen LogP contribution is 2.28. The Kier molecular flexibility index (Phi) is 5.01. The maximum atomic E-state index is 12.5. The lowest BCUT2D eigenvalue weighted by molar-refractivity contribution is -0.140. The Labute approximate surface area is 136 Å². The zero-order valence-corrected chi connectivity index (χ0v) is 13.5. The molecule has 22 heavy (non-hydrogen) atoms. The molecule has 1 saturated carbocycles. The van der Waals surface area contributed by atoms with Gasteiger partial charge in [-0.25, -0.2) is 0 Å². The first-order chi connectivity index (χ1) is 10.6. The number of carbonyl (C=O) groups is 1. The quantitative estimate of drug-likeness (QED) is 0.927. The number of amides is 1.